The van der Waals surface area contributed by atoms with E-state index in [9.17, 15) is 4.79 Å². The number of rotatable bonds is 3. The van der Waals surface area contributed by atoms with Gasteiger partial charge < -0.3 is 9.32 Å². The van der Waals surface area contributed by atoms with Gasteiger partial charge in [0.25, 0.3) is 5.91 Å². The fraction of sp³-hybridized carbons (Fsp3) is 0.125. The lowest BCUT2D eigenvalue weighted by atomic mass is 10.2. The van der Waals surface area contributed by atoms with Crippen LogP contribution in [0.1, 0.15) is 16.1 Å². The molecule has 2 heterocycles. The average Bonchev–Trinajstić information content (AvgIpc) is 2.90. The van der Waals surface area contributed by atoms with Crippen molar-refractivity contribution in [2.24, 2.45) is 0 Å². The molecule has 21 heavy (non-hydrogen) atoms. The summed E-state index contributed by atoms with van der Waals surface area (Å²) >= 11 is 5.93. The standard InChI is InChI=1S/C16H13ClN2O2/c1-19(10-11-3-2-6-18-9-11)16(20)15-8-12-7-13(17)4-5-14(12)21-15/h2-9H,10H2,1H3. The second kappa shape index (κ2) is 5.58. The van der Waals surface area contributed by atoms with Crippen molar-refractivity contribution in [3.05, 3.63) is 65.1 Å². The maximum absolute atomic E-state index is 12.4. The van der Waals surface area contributed by atoms with Crippen LogP contribution in [-0.2, 0) is 6.54 Å². The number of fused-ring (bicyclic) bond motifs is 1. The van der Waals surface area contributed by atoms with Crippen molar-refractivity contribution in [2.75, 3.05) is 7.05 Å². The zero-order valence-electron chi connectivity index (χ0n) is 11.4. The maximum atomic E-state index is 12.4. The normalized spacial score (nSPS) is 10.8. The van der Waals surface area contributed by atoms with Crippen molar-refractivity contribution < 1.29 is 9.21 Å². The maximum Gasteiger partial charge on any atom is 0.289 e. The fourth-order valence-electron chi connectivity index (χ4n) is 2.15. The Kier molecular flexibility index (Phi) is 3.62. The molecule has 1 aromatic carbocycles. The van der Waals surface area contributed by atoms with Crippen LogP contribution in [0.4, 0.5) is 0 Å². The van der Waals surface area contributed by atoms with Crippen LogP contribution >= 0.6 is 11.6 Å². The minimum absolute atomic E-state index is 0.175. The van der Waals surface area contributed by atoms with Gasteiger partial charge in [0, 0.05) is 36.4 Å². The Morgan fingerprint density at radius 3 is 2.95 bits per heavy atom. The number of furan rings is 1. The van der Waals surface area contributed by atoms with Gasteiger partial charge in [-0.25, -0.2) is 0 Å². The molecule has 0 saturated heterocycles. The molecule has 3 aromatic rings. The molecular formula is C16H13ClN2O2. The van der Waals surface area contributed by atoms with Crippen LogP contribution in [0.2, 0.25) is 5.02 Å². The summed E-state index contributed by atoms with van der Waals surface area (Å²) in [4.78, 5) is 18.0. The fourth-order valence-corrected chi connectivity index (χ4v) is 2.33. The lowest BCUT2D eigenvalue weighted by molar-refractivity contribution is 0.0756. The zero-order chi connectivity index (χ0) is 14.8. The highest BCUT2D eigenvalue weighted by Crippen LogP contribution is 2.23. The number of hydrogen-bond donors (Lipinski definition) is 0. The molecule has 0 spiro atoms. The summed E-state index contributed by atoms with van der Waals surface area (Å²) in [5.74, 6) is 0.129. The Bertz CT molecular complexity index is 783. The molecule has 0 aliphatic rings. The van der Waals surface area contributed by atoms with Crippen LogP contribution in [0, 0.1) is 0 Å². The Labute approximate surface area is 127 Å². The van der Waals surface area contributed by atoms with E-state index < -0.39 is 0 Å². The number of nitrogens with zero attached hydrogens (tertiary/aromatic N) is 2. The molecule has 0 unspecified atom stereocenters. The number of halogens is 1. The van der Waals surface area contributed by atoms with E-state index in [0.717, 1.165) is 10.9 Å². The number of aromatic nitrogens is 1. The number of carbonyl (C=O) groups is 1. The van der Waals surface area contributed by atoms with E-state index in [-0.39, 0.29) is 5.91 Å². The molecular weight excluding hydrogens is 288 g/mol. The van der Waals surface area contributed by atoms with Crippen molar-refractivity contribution in [1.29, 1.82) is 0 Å². The first-order valence-corrected chi connectivity index (χ1v) is 6.85. The molecule has 0 atom stereocenters. The number of benzene rings is 1. The van der Waals surface area contributed by atoms with Gasteiger partial charge in [0.15, 0.2) is 5.76 Å². The van der Waals surface area contributed by atoms with Crippen molar-refractivity contribution in [2.45, 2.75) is 6.54 Å². The summed E-state index contributed by atoms with van der Waals surface area (Å²) in [6, 6.07) is 10.8. The van der Waals surface area contributed by atoms with E-state index in [1.165, 1.54) is 0 Å². The summed E-state index contributed by atoms with van der Waals surface area (Å²) < 4.78 is 5.58. The quantitative estimate of drug-likeness (QED) is 0.740. The van der Waals surface area contributed by atoms with Crippen molar-refractivity contribution in [1.82, 2.24) is 9.88 Å². The summed E-state index contributed by atoms with van der Waals surface area (Å²) in [7, 11) is 1.73. The highest BCUT2D eigenvalue weighted by molar-refractivity contribution is 6.31. The average molecular weight is 301 g/mol. The third kappa shape index (κ3) is 2.90. The Morgan fingerprint density at radius 1 is 1.33 bits per heavy atom. The second-order valence-electron chi connectivity index (χ2n) is 4.82. The van der Waals surface area contributed by atoms with Crippen LogP contribution in [0.15, 0.2) is 53.2 Å². The number of amides is 1. The lowest BCUT2D eigenvalue weighted by Gasteiger charge is -2.15. The van der Waals surface area contributed by atoms with E-state index in [1.807, 2.05) is 12.1 Å². The van der Waals surface area contributed by atoms with Crippen LogP contribution in [0.25, 0.3) is 11.0 Å². The minimum Gasteiger partial charge on any atom is -0.451 e. The van der Waals surface area contributed by atoms with Crippen LogP contribution in [0.3, 0.4) is 0 Å². The van der Waals surface area contributed by atoms with Gasteiger partial charge in [0.2, 0.25) is 0 Å². The predicted octanol–water partition coefficient (Wildman–Crippen LogP) is 3.75. The highest BCUT2D eigenvalue weighted by Gasteiger charge is 2.17. The molecule has 0 saturated carbocycles. The zero-order valence-corrected chi connectivity index (χ0v) is 12.2. The molecule has 106 valence electrons. The molecule has 2 aromatic heterocycles. The Morgan fingerprint density at radius 2 is 2.19 bits per heavy atom. The third-order valence-corrected chi connectivity index (χ3v) is 3.41. The molecule has 0 aliphatic carbocycles. The smallest absolute Gasteiger partial charge is 0.289 e. The first-order valence-electron chi connectivity index (χ1n) is 6.47. The molecule has 0 fully saturated rings. The van der Waals surface area contributed by atoms with Crippen LogP contribution in [0.5, 0.6) is 0 Å². The molecule has 0 N–H and O–H groups in total. The van der Waals surface area contributed by atoms with Crippen LogP contribution < -0.4 is 0 Å². The van der Waals surface area contributed by atoms with Gasteiger partial charge in [-0.2, -0.15) is 0 Å². The van der Waals surface area contributed by atoms with Gasteiger partial charge in [0.1, 0.15) is 5.58 Å². The van der Waals surface area contributed by atoms with E-state index in [2.05, 4.69) is 4.98 Å². The van der Waals surface area contributed by atoms with Gasteiger partial charge in [-0.15, -0.1) is 0 Å². The van der Waals surface area contributed by atoms with Crippen molar-refractivity contribution in [3.63, 3.8) is 0 Å². The van der Waals surface area contributed by atoms with E-state index in [4.69, 9.17) is 16.0 Å². The molecule has 4 nitrogen and oxygen atoms in total. The van der Waals surface area contributed by atoms with Gasteiger partial charge in [-0.1, -0.05) is 17.7 Å². The molecule has 5 heteroatoms. The first-order chi connectivity index (χ1) is 10.1. The van der Waals surface area contributed by atoms with Gasteiger partial charge in [0.05, 0.1) is 0 Å². The summed E-state index contributed by atoms with van der Waals surface area (Å²) in [5.41, 5.74) is 1.62. The molecule has 0 radical (unpaired) electrons. The number of carbonyl (C=O) groups excluding carboxylic acids is 1. The van der Waals surface area contributed by atoms with Crippen LogP contribution in [-0.4, -0.2) is 22.8 Å². The van der Waals surface area contributed by atoms with Gasteiger partial charge >= 0.3 is 0 Å². The molecule has 0 aliphatic heterocycles. The summed E-state index contributed by atoms with van der Waals surface area (Å²) in [6.07, 6.45) is 3.44. The topological polar surface area (TPSA) is 46.3 Å². The van der Waals surface area contributed by atoms with E-state index in [1.54, 1.807) is 48.6 Å². The SMILES string of the molecule is CN(Cc1cccnc1)C(=O)c1cc2cc(Cl)ccc2o1. The van der Waals surface area contributed by atoms with Crippen molar-refractivity contribution >= 4 is 28.5 Å². The van der Waals surface area contributed by atoms with E-state index >= 15 is 0 Å². The molecule has 1 amide bonds. The van der Waals surface area contributed by atoms with Crippen molar-refractivity contribution in [3.8, 4) is 0 Å². The van der Waals surface area contributed by atoms with Gasteiger partial charge in [-0.05, 0) is 35.9 Å². The summed E-state index contributed by atoms with van der Waals surface area (Å²) in [5, 5.41) is 1.44. The van der Waals surface area contributed by atoms with Gasteiger partial charge in [-0.3, -0.25) is 9.78 Å². The minimum atomic E-state index is -0.175. The third-order valence-electron chi connectivity index (χ3n) is 3.18. The number of pyridine rings is 1. The van der Waals surface area contributed by atoms with E-state index in [0.29, 0.717) is 22.9 Å². The second-order valence-corrected chi connectivity index (χ2v) is 5.25. The predicted molar refractivity (Wildman–Crippen MR) is 81.3 cm³/mol. The molecule has 3 rings (SSSR count). The Hall–Kier alpha value is -2.33. The first kappa shape index (κ1) is 13.6. The monoisotopic (exact) mass is 300 g/mol. The number of hydrogen-bond acceptors (Lipinski definition) is 3. The molecule has 0 bridgehead atoms. The largest absolute Gasteiger partial charge is 0.451 e. The summed E-state index contributed by atoms with van der Waals surface area (Å²) in [6.45, 7) is 0.477. The lowest BCUT2D eigenvalue weighted by Crippen LogP contribution is -2.25. The Balaban J connectivity index is 1.82. The highest BCUT2D eigenvalue weighted by atomic mass is 35.5.